The fourth-order valence-electron chi connectivity index (χ4n) is 2.72. The van der Waals surface area contributed by atoms with Crippen molar-refractivity contribution >= 4 is 15.9 Å². The minimum atomic E-state index is -3.65. The molecule has 4 nitrogen and oxygen atoms in total. The molecule has 0 amide bonds. The molecule has 0 radical (unpaired) electrons. The summed E-state index contributed by atoms with van der Waals surface area (Å²) in [6.45, 7) is 9.23. The number of sulfonamides is 1. The largest absolute Gasteiger partial charge is 0.329 e. The van der Waals surface area contributed by atoms with Gasteiger partial charge >= 0.3 is 10.0 Å². The fourth-order valence-corrected chi connectivity index (χ4v) is 4.07. The predicted octanol–water partition coefficient (Wildman–Crippen LogP) is 3.08. The van der Waals surface area contributed by atoms with Gasteiger partial charge in [-0.05, 0) is 51.5 Å². The molecule has 0 aliphatic rings. The summed E-state index contributed by atoms with van der Waals surface area (Å²) in [5, 5.41) is 0. The summed E-state index contributed by atoms with van der Waals surface area (Å²) >= 11 is 0. The van der Waals surface area contributed by atoms with E-state index in [4.69, 9.17) is 0 Å². The SMILES string of the molecule is CC[N+](CC)=C(NS(=O)(=O)c1ccc(C)cc1C)c1ccccc1. The van der Waals surface area contributed by atoms with E-state index in [0.717, 1.165) is 29.8 Å². The number of hydrogen-bond donors (Lipinski definition) is 1. The number of amidine groups is 1. The van der Waals surface area contributed by atoms with Gasteiger partial charge in [-0.25, -0.2) is 0 Å². The summed E-state index contributed by atoms with van der Waals surface area (Å²) in [7, 11) is -3.65. The molecule has 0 atom stereocenters. The smallest absolute Gasteiger partial charge is 0.261 e. The van der Waals surface area contributed by atoms with Crippen LogP contribution < -0.4 is 4.72 Å². The summed E-state index contributed by atoms with van der Waals surface area (Å²) in [4.78, 5) is 0.314. The van der Waals surface area contributed by atoms with Crippen LogP contribution in [0.3, 0.4) is 0 Å². The second-order valence-electron chi connectivity index (χ2n) is 5.76. The van der Waals surface area contributed by atoms with Gasteiger partial charge < -0.3 is 0 Å². The lowest BCUT2D eigenvalue weighted by molar-refractivity contribution is -0.521. The quantitative estimate of drug-likeness (QED) is 0.514. The maximum absolute atomic E-state index is 12.9. The van der Waals surface area contributed by atoms with E-state index in [1.54, 1.807) is 6.07 Å². The fraction of sp³-hybridized carbons (Fsp3) is 0.316. The van der Waals surface area contributed by atoms with Crippen LogP contribution in [0, 0.1) is 13.8 Å². The van der Waals surface area contributed by atoms with Gasteiger partial charge in [0.15, 0.2) is 0 Å². The highest BCUT2D eigenvalue weighted by molar-refractivity contribution is 7.90. The lowest BCUT2D eigenvalue weighted by atomic mass is 10.2. The van der Waals surface area contributed by atoms with Crippen LogP contribution in [0.15, 0.2) is 53.4 Å². The monoisotopic (exact) mass is 345 g/mol. The van der Waals surface area contributed by atoms with Crippen molar-refractivity contribution in [2.75, 3.05) is 13.1 Å². The maximum atomic E-state index is 12.9. The Morgan fingerprint density at radius 2 is 1.62 bits per heavy atom. The van der Waals surface area contributed by atoms with Crippen LogP contribution in [-0.4, -0.2) is 31.9 Å². The van der Waals surface area contributed by atoms with E-state index in [-0.39, 0.29) is 0 Å². The topological polar surface area (TPSA) is 49.2 Å². The standard InChI is InChI=1S/C19H24N2O2S/c1-5-21(6-2)19(17-10-8-7-9-11-17)20-24(22,23)18-13-12-15(3)14-16(18)4/h7-14H,5-6H2,1-4H3/p+1. The van der Waals surface area contributed by atoms with Crippen molar-refractivity contribution in [1.29, 1.82) is 0 Å². The number of nitrogens with one attached hydrogen (secondary N) is 1. The van der Waals surface area contributed by atoms with Crippen molar-refractivity contribution in [1.82, 2.24) is 4.72 Å². The third-order valence-electron chi connectivity index (χ3n) is 3.98. The summed E-state index contributed by atoms with van der Waals surface area (Å²) in [5.74, 6) is 0.612. The minimum Gasteiger partial charge on any atom is -0.261 e. The Morgan fingerprint density at radius 1 is 1.00 bits per heavy atom. The minimum absolute atomic E-state index is 0.314. The average Bonchev–Trinajstić information content (AvgIpc) is 2.55. The molecule has 0 aliphatic carbocycles. The Bertz CT molecular complexity index is 835. The lowest BCUT2D eigenvalue weighted by Crippen LogP contribution is -2.39. The highest BCUT2D eigenvalue weighted by atomic mass is 32.2. The second kappa shape index (κ2) is 7.62. The highest BCUT2D eigenvalue weighted by Gasteiger charge is 2.26. The zero-order valence-electron chi connectivity index (χ0n) is 14.7. The molecule has 0 unspecified atom stereocenters. The number of nitrogens with zero attached hydrogens (tertiary/aromatic N) is 1. The van der Waals surface area contributed by atoms with Crippen molar-refractivity contribution in [3.05, 3.63) is 65.2 Å². The van der Waals surface area contributed by atoms with E-state index in [9.17, 15) is 8.42 Å². The molecule has 128 valence electrons. The van der Waals surface area contributed by atoms with Gasteiger partial charge in [-0.15, -0.1) is 0 Å². The number of benzene rings is 2. The Labute approximate surface area is 144 Å². The van der Waals surface area contributed by atoms with Gasteiger partial charge in [0.05, 0.1) is 18.7 Å². The third kappa shape index (κ3) is 4.03. The molecular formula is C19H25N2O2S+. The van der Waals surface area contributed by atoms with E-state index in [0.29, 0.717) is 10.7 Å². The van der Waals surface area contributed by atoms with Crippen molar-refractivity contribution in [3.8, 4) is 0 Å². The van der Waals surface area contributed by atoms with Crippen LogP contribution in [0.1, 0.15) is 30.5 Å². The molecule has 2 aromatic rings. The second-order valence-corrected chi connectivity index (χ2v) is 7.41. The molecule has 0 saturated heterocycles. The van der Waals surface area contributed by atoms with Crippen LogP contribution in [-0.2, 0) is 10.0 Å². The first-order valence-corrected chi connectivity index (χ1v) is 9.64. The zero-order valence-corrected chi connectivity index (χ0v) is 15.5. The van der Waals surface area contributed by atoms with Crippen molar-refractivity contribution in [2.24, 2.45) is 0 Å². The highest BCUT2D eigenvalue weighted by Crippen LogP contribution is 2.17. The Hall–Kier alpha value is -2.14. The lowest BCUT2D eigenvalue weighted by Gasteiger charge is -2.12. The van der Waals surface area contributed by atoms with Crippen LogP contribution in [0.5, 0.6) is 0 Å². The molecule has 0 bridgehead atoms. The molecule has 0 aromatic heterocycles. The molecule has 2 aromatic carbocycles. The molecule has 5 heteroatoms. The van der Waals surface area contributed by atoms with Gasteiger partial charge in [0.1, 0.15) is 4.90 Å². The molecule has 0 saturated carbocycles. The van der Waals surface area contributed by atoms with Crippen LogP contribution >= 0.6 is 0 Å². The molecule has 0 spiro atoms. The van der Waals surface area contributed by atoms with Crippen molar-refractivity contribution in [3.63, 3.8) is 0 Å². The first-order chi connectivity index (χ1) is 11.4. The van der Waals surface area contributed by atoms with E-state index >= 15 is 0 Å². The van der Waals surface area contributed by atoms with Gasteiger partial charge in [-0.2, -0.15) is 13.1 Å². The summed E-state index contributed by atoms with van der Waals surface area (Å²) in [6.07, 6.45) is 0. The van der Waals surface area contributed by atoms with Crippen molar-refractivity contribution < 1.29 is 13.0 Å². The van der Waals surface area contributed by atoms with Crippen molar-refractivity contribution in [2.45, 2.75) is 32.6 Å². The number of aryl methyl sites for hydroxylation is 2. The Morgan fingerprint density at radius 3 is 2.17 bits per heavy atom. The number of rotatable bonds is 5. The van der Waals surface area contributed by atoms with Crippen LogP contribution in [0.4, 0.5) is 0 Å². The van der Waals surface area contributed by atoms with E-state index < -0.39 is 10.0 Å². The molecule has 24 heavy (non-hydrogen) atoms. The van der Waals surface area contributed by atoms with Gasteiger partial charge in [-0.1, -0.05) is 35.9 Å². The van der Waals surface area contributed by atoms with E-state index in [2.05, 4.69) is 4.72 Å². The average molecular weight is 345 g/mol. The molecule has 1 N–H and O–H groups in total. The summed E-state index contributed by atoms with van der Waals surface area (Å²) in [6, 6.07) is 14.9. The predicted molar refractivity (Wildman–Crippen MR) is 98.1 cm³/mol. The maximum Gasteiger partial charge on any atom is 0.329 e. The first-order valence-electron chi connectivity index (χ1n) is 8.16. The van der Waals surface area contributed by atoms with E-state index in [1.165, 1.54) is 0 Å². The first kappa shape index (κ1) is 18.2. The summed E-state index contributed by atoms with van der Waals surface area (Å²) < 4.78 is 30.7. The number of hydrogen-bond acceptors (Lipinski definition) is 2. The zero-order chi connectivity index (χ0) is 17.7. The van der Waals surface area contributed by atoms with Crippen LogP contribution in [0.25, 0.3) is 0 Å². The molecule has 0 fully saturated rings. The molecule has 0 aliphatic heterocycles. The van der Waals surface area contributed by atoms with Crippen LogP contribution in [0.2, 0.25) is 0 Å². The molecule has 2 rings (SSSR count). The normalized spacial score (nSPS) is 11.2. The Balaban J connectivity index is 2.52. The van der Waals surface area contributed by atoms with E-state index in [1.807, 2.05) is 74.7 Å². The van der Waals surface area contributed by atoms with Gasteiger partial charge in [0.2, 0.25) is 0 Å². The third-order valence-corrected chi connectivity index (χ3v) is 5.48. The van der Waals surface area contributed by atoms with Gasteiger partial charge in [0.25, 0.3) is 5.84 Å². The van der Waals surface area contributed by atoms with Gasteiger partial charge in [-0.3, -0.25) is 4.58 Å². The molecular weight excluding hydrogens is 320 g/mol. The summed E-state index contributed by atoms with van der Waals surface area (Å²) in [5.41, 5.74) is 2.64. The Kier molecular flexibility index (Phi) is 5.78. The molecule has 0 heterocycles. The van der Waals surface area contributed by atoms with Gasteiger partial charge in [0, 0.05) is 0 Å².